The lowest BCUT2D eigenvalue weighted by molar-refractivity contribution is 0.634. The molecule has 4 N–H and O–H groups in total. The number of nitrogens with zero attached hydrogens (tertiary/aromatic N) is 4. The molecular weight excluding hydrogens is 552 g/mol. The quantitative estimate of drug-likeness (QED) is 0.161. The number of hydrogen-bond acceptors (Lipinski definition) is 3. The van der Waals surface area contributed by atoms with Gasteiger partial charge in [0.05, 0.1) is 44.8 Å². The second kappa shape index (κ2) is 9.91. The highest BCUT2D eigenvalue weighted by Gasteiger charge is 2.24. The van der Waals surface area contributed by atoms with Crippen LogP contribution in [0.2, 0.25) is 0 Å². The number of benzene rings is 5. The van der Waals surface area contributed by atoms with Gasteiger partial charge in [-0.1, -0.05) is 72.8 Å². The Kier molecular flexibility index (Phi) is 5.67. The summed E-state index contributed by atoms with van der Waals surface area (Å²) in [7, 11) is 0. The van der Waals surface area contributed by atoms with Gasteiger partial charge >= 0.3 is 0 Å². The molecule has 0 amide bonds. The van der Waals surface area contributed by atoms with Crippen molar-refractivity contribution in [3.8, 4) is 11.5 Å². The zero-order chi connectivity index (χ0) is 30.1. The minimum atomic E-state index is 0.717. The van der Waals surface area contributed by atoms with Gasteiger partial charge < -0.3 is 14.9 Å². The van der Waals surface area contributed by atoms with Crippen molar-refractivity contribution >= 4 is 55.0 Å². The standard InChI is InChI=1S/C39H32N6/c40-39-36-22-23-38(44-33-17-8-4-13-28(33)29-14-5-9-18-34(29)44)42(36)24-10-19-37(39)45(41)27-20-21-35-31(25-27)30-15-6-7-16-32(30)43(35)26-11-2-1-3-12-26/h1-9,11-18,20-23,25H,10,19,24,40-41H2. The maximum atomic E-state index is 7.03. The fourth-order valence-corrected chi connectivity index (χ4v) is 7.35. The highest BCUT2D eigenvalue weighted by atomic mass is 15.4. The number of hydrogen-bond donors (Lipinski definition) is 2. The Bertz CT molecular complexity index is 2390. The zero-order valence-electron chi connectivity index (χ0n) is 24.8. The predicted molar refractivity (Wildman–Crippen MR) is 187 cm³/mol. The Labute approximate surface area is 260 Å². The maximum absolute atomic E-state index is 7.03. The van der Waals surface area contributed by atoms with E-state index in [2.05, 4.69) is 147 Å². The molecule has 0 unspecified atom stereocenters. The SMILES string of the molecule is NC1=C(N(N)c2ccc3c(c2)c2ccccc2n3-c2ccccc2)CCCn2c1ccc2-n1c2ccccc2c2ccccc21. The van der Waals surface area contributed by atoms with E-state index in [9.17, 15) is 0 Å². The summed E-state index contributed by atoms with van der Waals surface area (Å²) in [5, 5.41) is 6.65. The molecule has 218 valence electrons. The third kappa shape index (κ3) is 3.79. The van der Waals surface area contributed by atoms with Crippen LogP contribution in [-0.4, -0.2) is 13.7 Å². The molecule has 1 aliphatic heterocycles. The van der Waals surface area contributed by atoms with Gasteiger partial charge in [0.2, 0.25) is 0 Å². The smallest absolute Gasteiger partial charge is 0.118 e. The summed E-state index contributed by atoms with van der Waals surface area (Å²) in [6.07, 6.45) is 1.70. The summed E-state index contributed by atoms with van der Waals surface area (Å²) in [5.41, 5.74) is 16.4. The van der Waals surface area contributed by atoms with Crippen LogP contribution in [0, 0.1) is 0 Å². The second-order valence-electron chi connectivity index (χ2n) is 11.8. The van der Waals surface area contributed by atoms with Crippen LogP contribution in [0.1, 0.15) is 18.5 Å². The van der Waals surface area contributed by atoms with Gasteiger partial charge in [0, 0.05) is 33.8 Å². The van der Waals surface area contributed by atoms with E-state index in [1.165, 1.54) is 32.7 Å². The predicted octanol–water partition coefficient (Wildman–Crippen LogP) is 8.48. The van der Waals surface area contributed by atoms with Crippen LogP contribution in [0.5, 0.6) is 0 Å². The monoisotopic (exact) mass is 584 g/mol. The van der Waals surface area contributed by atoms with Crippen LogP contribution < -0.4 is 16.6 Å². The van der Waals surface area contributed by atoms with Crippen molar-refractivity contribution in [3.05, 3.63) is 145 Å². The molecule has 6 heteroatoms. The molecule has 0 saturated heterocycles. The van der Waals surface area contributed by atoms with Gasteiger partial charge in [-0.25, -0.2) is 5.84 Å². The van der Waals surface area contributed by atoms with Crippen LogP contribution in [0.15, 0.2) is 139 Å². The van der Waals surface area contributed by atoms with Crippen LogP contribution in [0.3, 0.4) is 0 Å². The Morgan fingerprint density at radius 2 is 1.13 bits per heavy atom. The van der Waals surface area contributed by atoms with Gasteiger partial charge in [-0.3, -0.25) is 9.58 Å². The van der Waals surface area contributed by atoms with Crippen molar-refractivity contribution < 1.29 is 0 Å². The molecule has 8 aromatic rings. The summed E-state index contributed by atoms with van der Waals surface area (Å²) in [6, 6.07) is 47.1. The molecule has 0 spiro atoms. The summed E-state index contributed by atoms with van der Waals surface area (Å²) >= 11 is 0. The van der Waals surface area contributed by atoms with Crippen LogP contribution in [-0.2, 0) is 6.54 Å². The molecule has 1 aliphatic rings. The number of allylic oxidation sites excluding steroid dienone is 1. The highest BCUT2D eigenvalue weighted by Crippen LogP contribution is 2.38. The first-order valence-corrected chi connectivity index (χ1v) is 15.5. The van der Waals surface area contributed by atoms with Crippen LogP contribution >= 0.6 is 0 Å². The number of rotatable bonds is 4. The van der Waals surface area contributed by atoms with E-state index in [-0.39, 0.29) is 0 Å². The van der Waals surface area contributed by atoms with Crippen molar-refractivity contribution in [2.24, 2.45) is 11.6 Å². The second-order valence-corrected chi connectivity index (χ2v) is 11.8. The Hall–Kier alpha value is -5.72. The Morgan fingerprint density at radius 3 is 1.82 bits per heavy atom. The lowest BCUT2D eigenvalue weighted by Crippen LogP contribution is -2.31. The molecule has 5 aromatic carbocycles. The van der Waals surface area contributed by atoms with Gasteiger partial charge in [-0.05, 0) is 73.5 Å². The van der Waals surface area contributed by atoms with E-state index in [0.29, 0.717) is 5.70 Å². The molecule has 45 heavy (non-hydrogen) atoms. The summed E-state index contributed by atoms with van der Waals surface area (Å²) in [4.78, 5) is 0. The molecule has 0 aliphatic carbocycles. The number of hydrazine groups is 1. The van der Waals surface area contributed by atoms with Gasteiger partial charge in [0.25, 0.3) is 0 Å². The molecule has 0 fully saturated rings. The summed E-state index contributed by atoms with van der Waals surface area (Å²) < 4.78 is 7.03. The van der Waals surface area contributed by atoms with Crippen molar-refractivity contribution in [1.82, 2.24) is 13.7 Å². The number of para-hydroxylation sites is 4. The molecule has 4 heterocycles. The molecular formula is C39H32N6. The number of nitrogens with two attached hydrogens (primary N) is 2. The van der Waals surface area contributed by atoms with E-state index in [4.69, 9.17) is 11.6 Å². The van der Waals surface area contributed by atoms with E-state index in [1.54, 1.807) is 5.01 Å². The van der Waals surface area contributed by atoms with Gasteiger partial charge in [-0.15, -0.1) is 0 Å². The van der Waals surface area contributed by atoms with Gasteiger partial charge in [0.1, 0.15) is 5.82 Å². The van der Waals surface area contributed by atoms with E-state index >= 15 is 0 Å². The number of fused-ring (bicyclic) bond motifs is 7. The molecule has 3 aromatic heterocycles. The largest absolute Gasteiger partial charge is 0.396 e. The number of anilines is 1. The van der Waals surface area contributed by atoms with Crippen LogP contribution in [0.4, 0.5) is 5.69 Å². The molecule has 6 nitrogen and oxygen atoms in total. The lowest BCUT2D eigenvalue weighted by atomic mass is 10.1. The highest BCUT2D eigenvalue weighted by molar-refractivity contribution is 6.11. The summed E-state index contributed by atoms with van der Waals surface area (Å²) in [6.45, 7) is 0.847. The summed E-state index contributed by atoms with van der Waals surface area (Å²) in [5.74, 6) is 8.08. The minimum Gasteiger partial charge on any atom is -0.396 e. The van der Waals surface area contributed by atoms with Gasteiger partial charge in [0.15, 0.2) is 0 Å². The van der Waals surface area contributed by atoms with E-state index in [0.717, 1.165) is 58.9 Å². The third-order valence-corrected chi connectivity index (χ3v) is 9.39. The van der Waals surface area contributed by atoms with Crippen molar-refractivity contribution in [3.63, 3.8) is 0 Å². The van der Waals surface area contributed by atoms with Crippen LogP contribution in [0.25, 0.3) is 60.8 Å². The molecule has 0 radical (unpaired) electrons. The van der Waals surface area contributed by atoms with Gasteiger partial charge in [-0.2, -0.15) is 0 Å². The van der Waals surface area contributed by atoms with E-state index in [1.807, 2.05) is 0 Å². The number of aromatic nitrogens is 3. The van der Waals surface area contributed by atoms with E-state index < -0.39 is 0 Å². The first-order valence-electron chi connectivity index (χ1n) is 15.5. The zero-order valence-corrected chi connectivity index (χ0v) is 24.8. The maximum Gasteiger partial charge on any atom is 0.118 e. The minimum absolute atomic E-state index is 0.717. The van der Waals surface area contributed by atoms with Crippen molar-refractivity contribution in [2.45, 2.75) is 19.4 Å². The Balaban J connectivity index is 1.17. The van der Waals surface area contributed by atoms with Crippen molar-refractivity contribution in [2.75, 3.05) is 5.01 Å². The average Bonchev–Trinajstić information content (AvgIpc) is 3.72. The Morgan fingerprint density at radius 1 is 0.556 bits per heavy atom. The first-order chi connectivity index (χ1) is 22.2. The normalized spacial score (nSPS) is 13.6. The topological polar surface area (TPSA) is 70.1 Å². The fraction of sp³-hybridized carbons (Fsp3) is 0.0769. The third-order valence-electron chi connectivity index (χ3n) is 9.39. The average molecular weight is 585 g/mol. The molecule has 0 saturated carbocycles. The molecule has 9 rings (SSSR count). The molecule has 0 bridgehead atoms. The fourth-order valence-electron chi connectivity index (χ4n) is 7.35. The van der Waals surface area contributed by atoms with Crippen molar-refractivity contribution in [1.29, 1.82) is 0 Å². The first kappa shape index (κ1) is 25.7. The lowest BCUT2D eigenvalue weighted by Gasteiger charge is -2.23. The molecule has 0 atom stereocenters.